The molecule has 0 aliphatic carbocycles. The Hall–Kier alpha value is -2.07. The quantitative estimate of drug-likeness (QED) is 0.346. The van der Waals surface area contributed by atoms with Crippen LogP contribution in [0.4, 0.5) is 0 Å². The third-order valence-corrected chi connectivity index (χ3v) is 6.96. The number of thiophene rings is 1. The van der Waals surface area contributed by atoms with Gasteiger partial charge in [0, 0.05) is 23.9 Å². The van der Waals surface area contributed by atoms with Crippen molar-refractivity contribution in [2.24, 2.45) is 0 Å². The minimum Gasteiger partial charge on any atom is -0.390 e. The van der Waals surface area contributed by atoms with E-state index in [4.69, 9.17) is 11.6 Å². The van der Waals surface area contributed by atoms with Gasteiger partial charge in [0.25, 0.3) is 0 Å². The molecule has 4 rings (SSSR count). The summed E-state index contributed by atoms with van der Waals surface area (Å²) in [6.07, 6.45) is 2.95. The number of H-pyrrole nitrogens is 1. The second-order valence-electron chi connectivity index (χ2n) is 6.86. The largest absolute Gasteiger partial charge is 0.390 e. The van der Waals surface area contributed by atoms with Gasteiger partial charge in [0.15, 0.2) is 11.0 Å². The van der Waals surface area contributed by atoms with Crippen molar-refractivity contribution in [1.82, 2.24) is 30.2 Å². The average molecular weight is 508 g/mol. The number of benzene rings is 1. The summed E-state index contributed by atoms with van der Waals surface area (Å²) in [5.41, 5.74) is 4.85. The number of tetrazole rings is 1. The molecule has 0 saturated heterocycles. The van der Waals surface area contributed by atoms with Crippen LogP contribution < -0.4 is 0 Å². The first-order valence-corrected chi connectivity index (χ1v) is 11.6. The fourth-order valence-electron chi connectivity index (χ4n) is 3.37. The van der Waals surface area contributed by atoms with Crippen molar-refractivity contribution in [2.45, 2.75) is 39.3 Å². The standard InChI is InChI=1S/C20H20BrClN6OS/c1-2-3-4-16-23-19(22)15(10-29)28(16)9-12-5-7-13(8-6-12)14-11-30-18(21)17(14)20-24-26-27-25-20/h5-8,11,29H,2-4,9-10H2,1H3,(H,24,25,26,27). The molecule has 4 aromatic rings. The summed E-state index contributed by atoms with van der Waals surface area (Å²) in [6, 6.07) is 8.34. The number of aromatic amines is 1. The summed E-state index contributed by atoms with van der Waals surface area (Å²) in [5.74, 6) is 1.54. The third kappa shape index (κ3) is 4.20. The van der Waals surface area contributed by atoms with Gasteiger partial charge in [-0.25, -0.2) is 10.1 Å². The maximum absolute atomic E-state index is 9.76. The van der Waals surface area contributed by atoms with E-state index in [1.54, 1.807) is 11.3 Å². The van der Waals surface area contributed by atoms with Crippen molar-refractivity contribution >= 4 is 38.9 Å². The van der Waals surface area contributed by atoms with Gasteiger partial charge in [-0.1, -0.05) is 49.2 Å². The molecule has 156 valence electrons. The summed E-state index contributed by atoms with van der Waals surface area (Å²) in [6.45, 7) is 2.63. The minimum absolute atomic E-state index is 0.131. The molecule has 1 aromatic carbocycles. The summed E-state index contributed by atoms with van der Waals surface area (Å²) in [4.78, 5) is 4.47. The molecule has 0 unspecified atom stereocenters. The number of nitrogens with zero attached hydrogens (tertiary/aromatic N) is 5. The van der Waals surface area contributed by atoms with Gasteiger partial charge in [0.1, 0.15) is 5.82 Å². The number of aromatic nitrogens is 6. The highest BCUT2D eigenvalue weighted by atomic mass is 79.9. The zero-order chi connectivity index (χ0) is 21.1. The van der Waals surface area contributed by atoms with E-state index in [2.05, 4.69) is 78.1 Å². The fraction of sp³-hybridized carbons (Fsp3) is 0.300. The fourth-order valence-corrected chi connectivity index (χ4v) is 5.11. The molecule has 0 amide bonds. The zero-order valence-electron chi connectivity index (χ0n) is 16.3. The van der Waals surface area contributed by atoms with Crippen molar-refractivity contribution in [1.29, 1.82) is 0 Å². The number of hydrogen-bond acceptors (Lipinski definition) is 6. The Morgan fingerprint density at radius 2 is 2.07 bits per heavy atom. The van der Waals surface area contributed by atoms with Crippen LogP contribution in [0.25, 0.3) is 22.5 Å². The Labute approximate surface area is 191 Å². The van der Waals surface area contributed by atoms with Crippen LogP contribution in [0.15, 0.2) is 33.4 Å². The van der Waals surface area contributed by atoms with Gasteiger partial charge >= 0.3 is 0 Å². The molecule has 10 heteroatoms. The highest BCUT2D eigenvalue weighted by Gasteiger charge is 2.18. The number of unbranched alkanes of at least 4 members (excludes halogenated alkanes) is 1. The van der Waals surface area contributed by atoms with E-state index in [-0.39, 0.29) is 6.61 Å². The van der Waals surface area contributed by atoms with Crippen molar-refractivity contribution in [2.75, 3.05) is 0 Å². The van der Waals surface area contributed by atoms with E-state index in [9.17, 15) is 5.11 Å². The van der Waals surface area contributed by atoms with E-state index in [1.807, 2.05) is 4.57 Å². The molecule has 0 radical (unpaired) electrons. The first-order valence-electron chi connectivity index (χ1n) is 9.57. The Bertz CT molecular complexity index is 1120. The number of nitrogens with one attached hydrogen (secondary N) is 1. The van der Waals surface area contributed by atoms with E-state index in [0.29, 0.717) is 23.2 Å². The molecular weight excluding hydrogens is 488 g/mol. The number of rotatable bonds is 8. The number of aliphatic hydroxyl groups excluding tert-OH is 1. The summed E-state index contributed by atoms with van der Waals surface area (Å²) in [5, 5.41) is 26.5. The second-order valence-corrected chi connectivity index (χ2v) is 9.41. The van der Waals surface area contributed by atoms with Crippen LogP contribution in [-0.2, 0) is 19.6 Å². The lowest BCUT2D eigenvalue weighted by Gasteiger charge is -2.12. The Morgan fingerprint density at radius 1 is 1.27 bits per heavy atom. The number of aryl methyl sites for hydroxylation is 1. The SMILES string of the molecule is CCCCc1nc(Cl)c(CO)n1Cc1ccc(-c2csc(Br)c2-c2nnn[nH]2)cc1. The van der Waals surface area contributed by atoms with Crippen molar-refractivity contribution in [3.8, 4) is 22.5 Å². The van der Waals surface area contributed by atoms with Crippen molar-refractivity contribution in [3.63, 3.8) is 0 Å². The zero-order valence-corrected chi connectivity index (χ0v) is 19.4. The Kier molecular flexibility index (Phi) is 6.62. The van der Waals surface area contributed by atoms with Crippen molar-refractivity contribution in [3.05, 3.63) is 55.7 Å². The van der Waals surface area contributed by atoms with Gasteiger partial charge in [0.2, 0.25) is 0 Å². The van der Waals surface area contributed by atoms with Crippen LogP contribution in [0.2, 0.25) is 5.15 Å². The molecule has 0 aliphatic rings. The maximum atomic E-state index is 9.76. The summed E-state index contributed by atoms with van der Waals surface area (Å²) < 4.78 is 3.00. The predicted molar refractivity (Wildman–Crippen MR) is 122 cm³/mol. The molecule has 3 aromatic heterocycles. The van der Waals surface area contributed by atoms with E-state index >= 15 is 0 Å². The molecule has 2 N–H and O–H groups in total. The van der Waals surface area contributed by atoms with Crippen molar-refractivity contribution < 1.29 is 5.11 Å². The van der Waals surface area contributed by atoms with Crippen LogP contribution in [0.3, 0.4) is 0 Å². The lowest BCUT2D eigenvalue weighted by Crippen LogP contribution is -2.09. The van der Waals surface area contributed by atoms with Crippen LogP contribution in [-0.4, -0.2) is 35.3 Å². The second kappa shape index (κ2) is 9.38. The summed E-state index contributed by atoms with van der Waals surface area (Å²) in [7, 11) is 0. The highest BCUT2D eigenvalue weighted by molar-refractivity contribution is 9.11. The monoisotopic (exact) mass is 506 g/mol. The van der Waals surface area contributed by atoms with Gasteiger partial charge in [-0.3, -0.25) is 0 Å². The Balaban J connectivity index is 1.62. The third-order valence-electron chi connectivity index (χ3n) is 4.94. The van der Waals surface area contributed by atoms with Crippen LogP contribution in [0.5, 0.6) is 0 Å². The van der Waals surface area contributed by atoms with Gasteiger partial charge in [-0.05, 0) is 43.9 Å². The molecule has 0 bridgehead atoms. The topological polar surface area (TPSA) is 92.5 Å². The van der Waals surface area contributed by atoms with Gasteiger partial charge in [0.05, 0.1) is 21.7 Å². The number of imidazole rings is 1. The molecule has 30 heavy (non-hydrogen) atoms. The first-order chi connectivity index (χ1) is 14.6. The van der Waals surface area contributed by atoms with Crippen LogP contribution in [0, 0.1) is 0 Å². The predicted octanol–water partition coefficient (Wildman–Crippen LogP) is 5.09. The molecule has 7 nitrogen and oxygen atoms in total. The number of aliphatic hydroxyl groups is 1. The Morgan fingerprint density at radius 3 is 2.73 bits per heavy atom. The van der Waals surface area contributed by atoms with Gasteiger partial charge in [-0.15, -0.1) is 16.4 Å². The first kappa shape index (κ1) is 21.2. The van der Waals surface area contributed by atoms with E-state index < -0.39 is 0 Å². The average Bonchev–Trinajstić information content (AvgIpc) is 3.46. The summed E-state index contributed by atoms with van der Waals surface area (Å²) >= 11 is 11.4. The molecule has 0 aliphatic heterocycles. The van der Waals surface area contributed by atoms with Crippen LogP contribution >= 0.6 is 38.9 Å². The van der Waals surface area contributed by atoms with Gasteiger partial charge in [-0.2, -0.15) is 0 Å². The normalized spacial score (nSPS) is 11.3. The molecule has 0 atom stereocenters. The van der Waals surface area contributed by atoms with Gasteiger partial charge < -0.3 is 9.67 Å². The molecule has 3 heterocycles. The minimum atomic E-state index is -0.131. The maximum Gasteiger partial charge on any atom is 0.182 e. The molecule has 0 fully saturated rings. The number of hydrogen-bond donors (Lipinski definition) is 2. The molecule has 0 saturated carbocycles. The van der Waals surface area contributed by atoms with Crippen LogP contribution in [0.1, 0.15) is 36.8 Å². The van der Waals surface area contributed by atoms with E-state index in [1.165, 1.54) is 0 Å². The van der Waals surface area contributed by atoms with E-state index in [0.717, 1.165) is 51.1 Å². The highest BCUT2D eigenvalue weighted by Crippen LogP contribution is 2.40. The molecular formula is C20H20BrClN6OS. The lowest BCUT2D eigenvalue weighted by molar-refractivity contribution is 0.271. The smallest absolute Gasteiger partial charge is 0.182 e. The molecule has 0 spiro atoms. The number of halogens is 2. The lowest BCUT2D eigenvalue weighted by atomic mass is 10.0.